The summed E-state index contributed by atoms with van der Waals surface area (Å²) in [5.41, 5.74) is 10.9. The number of fused-ring (bicyclic) bond motifs is 6. The van der Waals surface area contributed by atoms with E-state index < -0.39 is 0 Å². The van der Waals surface area contributed by atoms with E-state index in [-0.39, 0.29) is 0 Å². The molecule has 7 aromatic carbocycles. The van der Waals surface area contributed by atoms with Crippen LogP contribution in [-0.4, -0.2) is 19.5 Å². The second-order valence-electron chi connectivity index (χ2n) is 12.5. The third kappa shape index (κ3) is 4.42. The highest BCUT2D eigenvalue weighted by molar-refractivity contribution is 6.15. The molecule has 0 spiro atoms. The van der Waals surface area contributed by atoms with Crippen LogP contribution in [0.1, 0.15) is 0 Å². The largest absolute Gasteiger partial charge is 0.309 e. The molecule has 0 aliphatic rings. The zero-order valence-electron chi connectivity index (χ0n) is 26.5. The van der Waals surface area contributed by atoms with Gasteiger partial charge in [-0.2, -0.15) is 0 Å². The fourth-order valence-corrected chi connectivity index (χ4v) is 7.34. The minimum absolute atomic E-state index is 0.631. The Morgan fingerprint density at radius 3 is 1.98 bits per heavy atom. The first kappa shape index (κ1) is 27.5. The lowest BCUT2D eigenvalue weighted by Crippen LogP contribution is -1.99. The molecule has 0 aliphatic carbocycles. The lowest BCUT2D eigenvalue weighted by Gasteiger charge is -2.16. The van der Waals surface area contributed by atoms with E-state index in [1.165, 1.54) is 38.1 Å². The molecular weight excluding hydrogens is 597 g/mol. The molecule has 228 valence electrons. The van der Waals surface area contributed by atoms with E-state index in [1.54, 1.807) is 6.20 Å². The van der Waals surface area contributed by atoms with Crippen LogP contribution >= 0.6 is 0 Å². The van der Waals surface area contributed by atoms with E-state index in [0.717, 1.165) is 50.1 Å². The van der Waals surface area contributed by atoms with Crippen LogP contribution in [0, 0.1) is 0 Å². The van der Waals surface area contributed by atoms with Crippen LogP contribution in [0.5, 0.6) is 0 Å². The molecule has 0 bridgehead atoms. The van der Waals surface area contributed by atoms with Gasteiger partial charge < -0.3 is 4.57 Å². The molecule has 10 rings (SSSR count). The predicted molar refractivity (Wildman–Crippen MR) is 203 cm³/mol. The molecule has 0 unspecified atom stereocenters. The van der Waals surface area contributed by atoms with E-state index in [9.17, 15) is 0 Å². The normalized spacial score (nSPS) is 11.7. The van der Waals surface area contributed by atoms with Gasteiger partial charge in [-0.05, 0) is 63.7 Å². The van der Waals surface area contributed by atoms with Crippen molar-refractivity contribution in [2.75, 3.05) is 0 Å². The van der Waals surface area contributed by atoms with Crippen molar-refractivity contribution in [1.82, 2.24) is 19.5 Å². The van der Waals surface area contributed by atoms with Crippen molar-refractivity contribution in [2.24, 2.45) is 0 Å². The Kier molecular flexibility index (Phi) is 6.15. The second kappa shape index (κ2) is 11.0. The van der Waals surface area contributed by atoms with E-state index in [1.807, 2.05) is 18.2 Å². The summed E-state index contributed by atoms with van der Waals surface area (Å²) < 4.78 is 2.42. The van der Waals surface area contributed by atoms with E-state index in [2.05, 4.69) is 155 Å². The highest BCUT2D eigenvalue weighted by Crippen LogP contribution is 2.40. The number of pyridine rings is 1. The average Bonchev–Trinajstić information content (AvgIpc) is 3.49. The van der Waals surface area contributed by atoms with Crippen molar-refractivity contribution < 1.29 is 0 Å². The smallest absolute Gasteiger partial charge is 0.178 e. The van der Waals surface area contributed by atoms with E-state index >= 15 is 0 Å². The molecule has 0 amide bonds. The van der Waals surface area contributed by atoms with Crippen molar-refractivity contribution in [3.8, 4) is 39.3 Å². The maximum absolute atomic E-state index is 5.25. The Balaban J connectivity index is 1.22. The summed E-state index contributed by atoms with van der Waals surface area (Å²) in [5, 5.41) is 7.22. The molecule has 0 saturated carbocycles. The molecule has 10 aromatic rings. The van der Waals surface area contributed by atoms with Gasteiger partial charge in [-0.1, -0.05) is 127 Å². The highest BCUT2D eigenvalue weighted by atomic mass is 15.0. The number of nitrogens with zero attached hydrogens (tertiary/aromatic N) is 4. The summed E-state index contributed by atoms with van der Waals surface area (Å²) in [6, 6.07) is 58.0. The van der Waals surface area contributed by atoms with Gasteiger partial charge in [0.05, 0.1) is 28.1 Å². The standard InChI is InChI=1S/C45H28N4/c1-2-11-29(12-3-1)30-22-24-31(25-23-30)43-44(47-39-19-10-26-46-45(39)48-43)37-18-8-17-35-34(37)16-9-21-41(35)49-40-20-7-6-15-36(40)38-27-32-13-4-5-14-33(32)28-42(38)49/h1-28H. The highest BCUT2D eigenvalue weighted by Gasteiger charge is 2.19. The summed E-state index contributed by atoms with van der Waals surface area (Å²) in [7, 11) is 0. The zero-order chi connectivity index (χ0) is 32.3. The Labute approximate surface area is 282 Å². The fraction of sp³-hybridized carbons (Fsp3) is 0. The SMILES string of the molecule is c1ccc(-c2ccc(-c3nc4ncccc4nc3-c3cccc4c(-n5c6ccccc6c6cc7ccccc7cc65)cccc34)cc2)cc1. The summed E-state index contributed by atoms with van der Waals surface area (Å²) >= 11 is 0. The molecule has 49 heavy (non-hydrogen) atoms. The summed E-state index contributed by atoms with van der Waals surface area (Å²) in [6.45, 7) is 0. The number of aromatic nitrogens is 4. The van der Waals surface area contributed by atoms with Crippen LogP contribution in [0.2, 0.25) is 0 Å². The van der Waals surface area contributed by atoms with Gasteiger partial charge in [-0.25, -0.2) is 15.0 Å². The van der Waals surface area contributed by atoms with Gasteiger partial charge in [0.15, 0.2) is 5.65 Å². The Bertz CT molecular complexity index is 2870. The van der Waals surface area contributed by atoms with Gasteiger partial charge in [0.2, 0.25) is 0 Å². The number of hydrogen-bond acceptors (Lipinski definition) is 3. The van der Waals surface area contributed by atoms with Crippen LogP contribution < -0.4 is 0 Å². The van der Waals surface area contributed by atoms with Gasteiger partial charge in [-0.15, -0.1) is 0 Å². The molecule has 3 heterocycles. The maximum Gasteiger partial charge on any atom is 0.178 e. The Morgan fingerprint density at radius 1 is 0.408 bits per heavy atom. The average molecular weight is 625 g/mol. The molecule has 0 radical (unpaired) electrons. The summed E-state index contributed by atoms with van der Waals surface area (Å²) in [5.74, 6) is 0. The van der Waals surface area contributed by atoms with Gasteiger partial charge in [0.1, 0.15) is 5.52 Å². The first-order valence-electron chi connectivity index (χ1n) is 16.5. The maximum atomic E-state index is 5.25. The van der Waals surface area contributed by atoms with Crippen molar-refractivity contribution >= 4 is 54.5 Å². The minimum atomic E-state index is 0.631. The number of hydrogen-bond donors (Lipinski definition) is 0. The van der Waals surface area contributed by atoms with Crippen LogP contribution in [0.3, 0.4) is 0 Å². The molecule has 0 atom stereocenters. The fourth-order valence-electron chi connectivity index (χ4n) is 7.34. The monoisotopic (exact) mass is 624 g/mol. The topological polar surface area (TPSA) is 43.6 Å². The van der Waals surface area contributed by atoms with Gasteiger partial charge >= 0.3 is 0 Å². The van der Waals surface area contributed by atoms with Crippen molar-refractivity contribution in [1.29, 1.82) is 0 Å². The Morgan fingerprint density at radius 2 is 1.10 bits per heavy atom. The first-order valence-corrected chi connectivity index (χ1v) is 16.5. The summed E-state index contributed by atoms with van der Waals surface area (Å²) in [4.78, 5) is 15.0. The second-order valence-corrected chi connectivity index (χ2v) is 12.5. The van der Waals surface area contributed by atoms with E-state index in [4.69, 9.17) is 9.97 Å². The van der Waals surface area contributed by atoms with Gasteiger partial charge in [0, 0.05) is 33.5 Å². The third-order valence-electron chi connectivity index (χ3n) is 9.64. The van der Waals surface area contributed by atoms with Crippen molar-refractivity contribution in [3.05, 3.63) is 170 Å². The number of para-hydroxylation sites is 1. The van der Waals surface area contributed by atoms with Gasteiger partial charge in [0.25, 0.3) is 0 Å². The first-order chi connectivity index (χ1) is 24.3. The lowest BCUT2D eigenvalue weighted by atomic mass is 9.96. The molecule has 3 aromatic heterocycles. The molecule has 0 N–H and O–H groups in total. The van der Waals surface area contributed by atoms with E-state index in [0.29, 0.717) is 5.65 Å². The quantitative estimate of drug-likeness (QED) is 0.196. The minimum Gasteiger partial charge on any atom is -0.309 e. The third-order valence-corrected chi connectivity index (χ3v) is 9.64. The van der Waals surface area contributed by atoms with Gasteiger partial charge in [-0.3, -0.25) is 0 Å². The van der Waals surface area contributed by atoms with Crippen molar-refractivity contribution in [2.45, 2.75) is 0 Å². The zero-order valence-corrected chi connectivity index (χ0v) is 26.5. The summed E-state index contributed by atoms with van der Waals surface area (Å²) in [6.07, 6.45) is 1.78. The lowest BCUT2D eigenvalue weighted by molar-refractivity contribution is 1.20. The predicted octanol–water partition coefficient (Wildman–Crippen LogP) is 11.4. The Hall–Kier alpha value is -6.65. The molecular formula is C45H28N4. The molecule has 4 nitrogen and oxygen atoms in total. The molecule has 0 fully saturated rings. The van der Waals surface area contributed by atoms with Crippen molar-refractivity contribution in [3.63, 3.8) is 0 Å². The van der Waals surface area contributed by atoms with Crippen LogP contribution in [0.4, 0.5) is 0 Å². The number of rotatable bonds is 4. The number of benzene rings is 7. The van der Waals surface area contributed by atoms with Crippen LogP contribution in [0.25, 0.3) is 93.8 Å². The molecule has 0 aliphatic heterocycles. The van der Waals surface area contributed by atoms with Crippen LogP contribution in [-0.2, 0) is 0 Å². The molecule has 0 saturated heterocycles. The molecule has 4 heteroatoms. The van der Waals surface area contributed by atoms with Crippen LogP contribution in [0.15, 0.2) is 170 Å².